The lowest BCUT2D eigenvalue weighted by atomic mass is 10.1. The van der Waals surface area contributed by atoms with Crippen LogP contribution in [-0.4, -0.2) is 33.7 Å². The number of hydrogen-bond acceptors (Lipinski definition) is 7. The van der Waals surface area contributed by atoms with E-state index in [2.05, 4.69) is 30.9 Å². The highest BCUT2D eigenvalue weighted by atomic mass is 32.2. The van der Waals surface area contributed by atoms with Crippen LogP contribution in [0.4, 0.5) is 30.6 Å². The van der Waals surface area contributed by atoms with E-state index in [-0.39, 0.29) is 29.5 Å². The standard InChI is InChI=1S/C25H29F3N6OS/c1-15(2)12-31-23(35)17-7-9-19(10-8-17)33-24-32-14-20(25(26,27)28)22(34-24)30-13-18-6-5-11-29-21(18)16(3)36-4/h5-11,14-16H,12-13H2,1-4H3,(H,31,35)(H2,30,32,33,34). The van der Waals surface area contributed by atoms with E-state index in [0.29, 0.717) is 23.7 Å². The quantitative estimate of drug-likeness (QED) is 0.301. The zero-order valence-corrected chi connectivity index (χ0v) is 21.3. The van der Waals surface area contributed by atoms with Gasteiger partial charge in [-0.2, -0.15) is 29.9 Å². The summed E-state index contributed by atoms with van der Waals surface area (Å²) in [6.45, 7) is 6.67. The minimum atomic E-state index is -4.63. The molecule has 3 aromatic rings. The molecule has 3 N–H and O–H groups in total. The predicted molar refractivity (Wildman–Crippen MR) is 137 cm³/mol. The van der Waals surface area contributed by atoms with E-state index in [1.807, 2.05) is 33.1 Å². The second-order valence-electron chi connectivity index (χ2n) is 8.54. The molecule has 0 aliphatic carbocycles. The van der Waals surface area contributed by atoms with Crippen molar-refractivity contribution in [2.45, 2.75) is 38.7 Å². The van der Waals surface area contributed by atoms with E-state index in [4.69, 9.17) is 0 Å². The fourth-order valence-corrected chi connectivity index (χ4v) is 3.71. The second kappa shape index (κ2) is 12.1. The third-order valence-corrected chi connectivity index (χ3v) is 6.21. The van der Waals surface area contributed by atoms with Gasteiger partial charge in [-0.25, -0.2) is 4.98 Å². The van der Waals surface area contributed by atoms with Gasteiger partial charge in [0.1, 0.15) is 11.4 Å². The molecule has 0 fully saturated rings. The summed E-state index contributed by atoms with van der Waals surface area (Å²) in [7, 11) is 0. The van der Waals surface area contributed by atoms with Crippen LogP contribution < -0.4 is 16.0 Å². The number of anilines is 3. The lowest BCUT2D eigenvalue weighted by Gasteiger charge is -2.17. The highest BCUT2D eigenvalue weighted by molar-refractivity contribution is 7.98. The third-order valence-electron chi connectivity index (χ3n) is 5.28. The van der Waals surface area contributed by atoms with E-state index in [1.165, 1.54) is 0 Å². The van der Waals surface area contributed by atoms with E-state index in [1.54, 1.807) is 48.3 Å². The summed E-state index contributed by atoms with van der Waals surface area (Å²) in [4.78, 5) is 24.5. The first-order valence-corrected chi connectivity index (χ1v) is 12.7. The van der Waals surface area contributed by atoms with Gasteiger partial charge in [0.05, 0.1) is 5.69 Å². The number of alkyl halides is 3. The van der Waals surface area contributed by atoms with Gasteiger partial charge in [-0.1, -0.05) is 19.9 Å². The number of nitrogens with one attached hydrogen (secondary N) is 3. The Kier molecular flexibility index (Phi) is 9.14. The molecule has 1 atom stereocenters. The minimum absolute atomic E-state index is 0.00796. The van der Waals surface area contributed by atoms with E-state index >= 15 is 0 Å². The first-order chi connectivity index (χ1) is 17.1. The van der Waals surface area contributed by atoms with E-state index in [0.717, 1.165) is 17.5 Å². The largest absolute Gasteiger partial charge is 0.421 e. The van der Waals surface area contributed by atoms with Crippen molar-refractivity contribution < 1.29 is 18.0 Å². The Morgan fingerprint density at radius 3 is 2.44 bits per heavy atom. The number of thioether (sulfide) groups is 1. The summed E-state index contributed by atoms with van der Waals surface area (Å²) < 4.78 is 40.9. The van der Waals surface area contributed by atoms with Crippen molar-refractivity contribution in [2.75, 3.05) is 23.4 Å². The maximum absolute atomic E-state index is 13.6. The molecule has 0 aliphatic rings. The van der Waals surface area contributed by atoms with E-state index in [9.17, 15) is 18.0 Å². The summed E-state index contributed by atoms with van der Waals surface area (Å²) in [5.74, 6) is -0.214. The Morgan fingerprint density at radius 2 is 1.81 bits per heavy atom. The molecule has 0 saturated heterocycles. The van der Waals surface area contributed by atoms with Crippen LogP contribution >= 0.6 is 11.8 Å². The summed E-state index contributed by atoms with van der Waals surface area (Å²) >= 11 is 1.60. The number of halogens is 3. The molecule has 2 aromatic heterocycles. The van der Waals surface area contributed by atoms with Crippen LogP contribution in [0.25, 0.3) is 0 Å². The molecule has 192 valence electrons. The van der Waals surface area contributed by atoms with Crippen molar-refractivity contribution in [2.24, 2.45) is 5.92 Å². The SMILES string of the molecule is CSC(C)c1ncccc1CNc1nc(Nc2ccc(C(=O)NCC(C)C)cc2)ncc1C(F)(F)F. The van der Waals surface area contributed by atoms with Crippen LogP contribution in [0.3, 0.4) is 0 Å². The molecule has 36 heavy (non-hydrogen) atoms. The highest BCUT2D eigenvalue weighted by Crippen LogP contribution is 2.35. The Hall–Kier alpha value is -3.34. The molecule has 1 amide bonds. The maximum Gasteiger partial charge on any atom is 0.421 e. The van der Waals surface area contributed by atoms with Crippen molar-refractivity contribution in [1.82, 2.24) is 20.3 Å². The van der Waals surface area contributed by atoms with Gasteiger partial charge in [-0.3, -0.25) is 9.78 Å². The first-order valence-electron chi connectivity index (χ1n) is 11.4. The molecule has 1 unspecified atom stereocenters. The predicted octanol–water partition coefficient (Wildman–Crippen LogP) is 6.06. The smallest absolute Gasteiger partial charge is 0.365 e. The summed E-state index contributed by atoms with van der Waals surface area (Å²) in [6, 6.07) is 10.1. The van der Waals surface area contributed by atoms with Crippen LogP contribution in [0.5, 0.6) is 0 Å². The Morgan fingerprint density at radius 1 is 1.08 bits per heavy atom. The number of carbonyl (C=O) groups excluding carboxylic acids is 1. The van der Waals surface area contributed by atoms with Gasteiger partial charge < -0.3 is 16.0 Å². The topological polar surface area (TPSA) is 91.8 Å². The molecule has 0 aliphatic heterocycles. The third kappa shape index (κ3) is 7.33. The van der Waals surface area contributed by atoms with Crippen molar-refractivity contribution >= 4 is 35.1 Å². The Labute approximate surface area is 212 Å². The van der Waals surface area contributed by atoms with Crippen LogP contribution in [0.2, 0.25) is 0 Å². The van der Waals surface area contributed by atoms with Gasteiger partial charge in [0.2, 0.25) is 5.95 Å². The van der Waals surface area contributed by atoms with Crippen molar-refractivity contribution in [3.63, 3.8) is 0 Å². The van der Waals surface area contributed by atoms with Crippen molar-refractivity contribution in [3.8, 4) is 0 Å². The lowest BCUT2D eigenvalue weighted by Crippen LogP contribution is -2.27. The van der Waals surface area contributed by atoms with E-state index < -0.39 is 11.7 Å². The normalized spacial score (nSPS) is 12.3. The van der Waals surface area contributed by atoms with Gasteiger partial charge in [0.25, 0.3) is 5.91 Å². The first kappa shape index (κ1) is 27.3. The number of aromatic nitrogens is 3. The molecule has 3 rings (SSSR count). The van der Waals surface area contributed by atoms with Crippen LogP contribution in [0, 0.1) is 5.92 Å². The molecule has 0 saturated carbocycles. The highest BCUT2D eigenvalue weighted by Gasteiger charge is 2.35. The monoisotopic (exact) mass is 518 g/mol. The number of amides is 1. The van der Waals surface area contributed by atoms with Gasteiger partial charge in [-0.05, 0) is 55.0 Å². The molecule has 2 heterocycles. The fraction of sp³-hybridized carbons (Fsp3) is 0.360. The van der Waals surface area contributed by atoms with Crippen LogP contribution in [-0.2, 0) is 12.7 Å². The number of pyridine rings is 1. The zero-order chi connectivity index (χ0) is 26.3. The number of rotatable bonds is 10. The zero-order valence-electron chi connectivity index (χ0n) is 20.5. The Bertz CT molecular complexity index is 1170. The van der Waals surface area contributed by atoms with Crippen LogP contribution in [0.15, 0.2) is 48.8 Å². The number of nitrogens with zero attached hydrogens (tertiary/aromatic N) is 3. The minimum Gasteiger partial charge on any atom is -0.365 e. The molecule has 11 heteroatoms. The summed E-state index contributed by atoms with van der Waals surface area (Å²) in [5, 5.41) is 8.63. The maximum atomic E-state index is 13.6. The van der Waals surface area contributed by atoms with Crippen molar-refractivity contribution in [3.05, 3.63) is 71.2 Å². The molecule has 0 radical (unpaired) electrons. The molecule has 0 spiro atoms. The summed E-state index contributed by atoms with van der Waals surface area (Å²) in [5.41, 5.74) is 1.63. The van der Waals surface area contributed by atoms with Gasteiger partial charge in [-0.15, -0.1) is 0 Å². The van der Waals surface area contributed by atoms with Gasteiger partial charge >= 0.3 is 6.18 Å². The molecule has 0 bridgehead atoms. The molecular weight excluding hydrogens is 489 g/mol. The van der Waals surface area contributed by atoms with Gasteiger partial charge in [0.15, 0.2) is 0 Å². The lowest BCUT2D eigenvalue weighted by molar-refractivity contribution is -0.137. The van der Waals surface area contributed by atoms with Gasteiger partial charge in [0, 0.05) is 42.0 Å². The summed E-state index contributed by atoms with van der Waals surface area (Å²) in [6.07, 6.45) is -0.264. The Balaban J connectivity index is 1.79. The van der Waals surface area contributed by atoms with Crippen LogP contribution in [0.1, 0.15) is 53.2 Å². The number of hydrogen-bond donors (Lipinski definition) is 3. The van der Waals surface area contributed by atoms with Crippen molar-refractivity contribution in [1.29, 1.82) is 0 Å². The number of benzene rings is 1. The number of carbonyl (C=O) groups is 1. The molecule has 1 aromatic carbocycles. The molecule has 7 nitrogen and oxygen atoms in total. The molecular formula is C25H29F3N6OS. The second-order valence-corrected chi connectivity index (χ2v) is 9.72. The average Bonchev–Trinajstić information content (AvgIpc) is 2.85. The fourth-order valence-electron chi connectivity index (χ4n) is 3.27. The average molecular weight is 519 g/mol.